The van der Waals surface area contributed by atoms with Crippen molar-refractivity contribution in [3.63, 3.8) is 0 Å². The van der Waals surface area contributed by atoms with Gasteiger partial charge < -0.3 is 15.1 Å². The van der Waals surface area contributed by atoms with Crippen LogP contribution in [0.3, 0.4) is 0 Å². The van der Waals surface area contributed by atoms with Gasteiger partial charge in [0.25, 0.3) is 0 Å². The van der Waals surface area contributed by atoms with Crippen molar-refractivity contribution >= 4 is 17.5 Å². The van der Waals surface area contributed by atoms with Crippen LogP contribution >= 0.6 is 0 Å². The molecule has 0 unspecified atom stereocenters. The number of hydrogen-bond acceptors (Lipinski definition) is 6. The van der Waals surface area contributed by atoms with Crippen LogP contribution in [0.1, 0.15) is 5.56 Å². The van der Waals surface area contributed by atoms with E-state index in [-0.39, 0.29) is 0 Å². The van der Waals surface area contributed by atoms with Gasteiger partial charge in [0.1, 0.15) is 0 Å². The number of hydrogen-bond donors (Lipinski definition) is 1. The van der Waals surface area contributed by atoms with Crippen LogP contribution in [-0.4, -0.2) is 53.3 Å². The Bertz CT molecular complexity index is 698. The number of rotatable bonds is 3. The van der Waals surface area contributed by atoms with Crippen LogP contribution in [0.5, 0.6) is 0 Å². The summed E-state index contributed by atoms with van der Waals surface area (Å²) in [6.45, 7) is 3.36. The second kappa shape index (κ2) is 6.60. The van der Waals surface area contributed by atoms with Gasteiger partial charge in [-0.3, -0.25) is 0 Å². The van der Waals surface area contributed by atoms with Gasteiger partial charge in [-0.2, -0.15) is 23.3 Å². The van der Waals surface area contributed by atoms with Gasteiger partial charge in [-0.25, -0.2) is 0 Å². The minimum atomic E-state index is -4.38. The summed E-state index contributed by atoms with van der Waals surface area (Å²) in [7, 11) is 2.04. The Kier molecular flexibility index (Phi) is 4.52. The number of halogens is 3. The van der Waals surface area contributed by atoms with E-state index in [4.69, 9.17) is 0 Å². The fraction of sp³-hybridized carbons (Fsp3) is 0.400. The molecule has 0 atom stereocenters. The predicted molar refractivity (Wildman–Crippen MR) is 84.3 cm³/mol. The summed E-state index contributed by atoms with van der Waals surface area (Å²) in [4.78, 5) is 8.56. The van der Waals surface area contributed by atoms with Gasteiger partial charge in [0.05, 0.1) is 11.8 Å². The molecule has 0 radical (unpaired) electrons. The first-order valence-electron chi connectivity index (χ1n) is 7.49. The standard InChI is InChI=1S/C15H17F3N6/c1-23-5-7-24(8-6-23)14-21-13(10-19-22-14)20-12-4-2-3-11(9-12)15(16,17)18/h2-4,9-10H,5-8H2,1H3,(H,20,21,22). The van der Waals surface area contributed by atoms with Crippen molar-refractivity contribution in [2.24, 2.45) is 0 Å². The molecule has 1 saturated heterocycles. The van der Waals surface area contributed by atoms with E-state index in [0.717, 1.165) is 38.3 Å². The third kappa shape index (κ3) is 3.91. The number of anilines is 3. The quantitative estimate of drug-likeness (QED) is 0.927. The largest absolute Gasteiger partial charge is 0.416 e. The molecule has 2 aromatic rings. The summed E-state index contributed by atoms with van der Waals surface area (Å²) in [6, 6.07) is 4.96. The Balaban J connectivity index is 1.75. The van der Waals surface area contributed by atoms with E-state index in [0.29, 0.717) is 17.5 Å². The van der Waals surface area contributed by atoms with E-state index in [1.807, 2.05) is 11.9 Å². The lowest BCUT2D eigenvalue weighted by molar-refractivity contribution is -0.137. The van der Waals surface area contributed by atoms with Crippen molar-refractivity contribution in [1.82, 2.24) is 20.1 Å². The number of aromatic nitrogens is 3. The van der Waals surface area contributed by atoms with E-state index in [1.165, 1.54) is 12.3 Å². The van der Waals surface area contributed by atoms with E-state index in [2.05, 4.69) is 25.4 Å². The molecule has 3 rings (SSSR count). The van der Waals surface area contributed by atoms with Crippen molar-refractivity contribution in [3.05, 3.63) is 36.0 Å². The van der Waals surface area contributed by atoms with Gasteiger partial charge >= 0.3 is 6.18 Å². The maximum Gasteiger partial charge on any atom is 0.416 e. The normalized spacial score (nSPS) is 16.2. The van der Waals surface area contributed by atoms with Gasteiger partial charge in [0.2, 0.25) is 5.95 Å². The Labute approximate surface area is 137 Å². The average Bonchev–Trinajstić information content (AvgIpc) is 2.55. The first-order chi connectivity index (χ1) is 11.4. The highest BCUT2D eigenvalue weighted by Crippen LogP contribution is 2.31. The van der Waals surface area contributed by atoms with Crippen molar-refractivity contribution in [3.8, 4) is 0 Å². The predicted octanol–water partition coefficient (Wildman–Crippen LogP) is 2.39. The van der Waals surface area contributed by atoms with Crippen LogP contribution in [0, 0.1) is 0 Å². The molecular formula is C15H17F3N6. The topological polar surface area (TPSA) is 57.2 Å². The van der Waals surface area contributed by atoms with Gasteiger partial charge in [0, 0.05) is 31.9 Å². The highest BCUT2D eigenvalue weighted by Gasteiger charge is 2.30. The lowest BCUT2D eigenvalue weighted by atomic mass is 10.2. The molecule has 0 spiro atoms. The van der Waals surface area contributed by atoms with Gasteiger partial charge in [-0.15, -0.1) is 5.10 Å². The molecule has 24 heavy (non-hydrogen) atoms. The highest BCUT2D eigenvalue weighted by molar-refractivity contribution is 5.57. The molecule has 1 fully saturated rings. The summed E-state index contributed by atoms with van der Waals surface area (Å²) in [6.07, 6.45) is -2.99. The minimum absolute atomic E-state index is 0.301. The third-order valence-corrected chi connectivity index (χ3v) is 3.80. The molecule has 1 aliphatic rings. The van der Waals surface area contributed by atoms with Crippen molar-refractivity contribution in [1.29, 1.82) is 0 Å². The Morgan fingerprint density at radius 1 is 1.12 bits per heavy atom. The summed E-state index contributed by atoms with van der Waals surface area (Å²) in [5, 5.41) is 10.8. The molecule has 0 amide bonds. The third-order valence-electron chi connectivity index (χ3n) is 3.80. The van der Waals surface area contributed by atoms with Gasteiger partial charge in [0.15, 0.2) is 5.82 Å². The Morgan fingerprint density at radius 3 is 2.58 bits per heavy atom. The number of piperazine rings is 1. The first kappa shape index (κ1) is 16.4. The summed E-state index contributed by atoms with van der Waals surface area (Å²) in [5.74, 6) is 0.832. The molecule has 0 saturated carbocycles. The van der Waals surface area contributed by atoms with Crippen LogP contribution in [-0.2, 0) is 6.18 Å². The maximum atomic E-state index is 12.8. The first-order valence-corrected chi connectivity index (χ1v) is 7.49. The number of benzene rings is 1. The zero-order valence-corrected chi connectivity index (χ0v) is 13.1. The molecule has 0 aliphatic carbocycles. The van der Waals surface area contributed by atoms with E-state index < -0.39 is 11.7 Å². The zero-order valence-electron chi connectivity index (χ0n) is 13.1. The molecule has 1 aliphatic heterocycles. The van der Waals surface area contributed by atoms with Crippen LogP contribution in [0.4, 0.5) is 30.6 Å². The number of likely N-dealkylation sites (N-methyl/N-ethyl adjacent to an activating group) is 1. The summed E-state index contributed by atoms with van der Waals surface area (Å²) >= 11 is 0. The Hall–Kier alpha value is -2.42. The van der Waals surface area contributed by atoms with Crippen LogP contribution < -0.4 is 10.2 Å². The highest BCUT2D eigenvalue weighted by atomic mass is 19.4. The SMILES string of the molecule is CN1CCN(c2nncc(Nc3cccc(C(F)(F)F)c3)n2)CC1. The number of nitrogens with zero attached hydrogens (tertiary/aromatic N) is 5. The monoisotopic (exact) mass is 338 g/mol. The molecule has 128 valence electrons. The molecule has 1 aromatic carbocycles. The van der Waals surface area contributed by atoms with Crippen LogP contribution in [0.15, 0.2) is 30.5 Å². The lowest BCUT2D eigenvalue weighted by Crippen LogP contribution is -2.45. The fourth-order valence-electron chi connectivity index (χ4n) is 2.42. The molecule has 1 N–H and O–H groups in total. The lowest BCUT2D eigenvalue weighted by Gasteiger charge is -2.32. The molecule has 2 heterocycles. The van der Waals surface area contributed by atoms with Gasteiger partial charge in [-0.1, -0.05) is 6.07 Å². The molecule has 0 bridgehead atoms. The molecule has 1 aromatic heterocycles. The van der Waals surface area contributed by atoms with Crippen molar-refractivity contribution in [2.45, 2.75) is 6.18 Å². The van der Waals surface area contributed by atoms with Crippen LogP contribution in [0.25, 0.3) is 0 Å². The second-order valence-electron chi connectivity index (χ2n) is 5.64. The average molecular weight is 338 g/mol. The summed E-state index contributed by atoms with van der Waals surface area (Å²) < 4.78 is 38.3. The van der Waals surface area contributed by atoms with E-state index in [1.54, 1.807) is 6.07 Å². The number of nitrogens with one attached hydrogen (secondary N) is 1. The van der Waals surface area contributed by atoms with Crippen molar-refractivity contribution < 1.29 is 13.2 Å². The maximum absolute atomic E-state index is 12.8. The molecule has 6 nitrogen and oxygen atoms in total. The summed E-state index contributed by atoms with van der Waals surface area (Å²) in [5.41, 5.74) is -0.413. The number of alkyl halides is 3. The van der Waals surface area contributed by atoms with E-state index >= 15 is 0 Å². The zero-order chi connectivity index (χ0) is 17.2. The van der Waals surface area contributed by atoms with Gasteiger partial charge in [-0.05, 0) is 25.2 Å². The molecule has 9 heteroatoms. The van der Waals surface area contributed by atoms with Crippen molar-refractivity contribution in [2.75, 3.05) is 43.4 Å². The fourth-order valence-corrected chi connectivity index (χ4v) is 2.42. The molecular weight excluding hydrogens is 321 g/mol. The van der Waals surface area contributed by atoms with E-state index in [9.17, 15) is 13.2 Å². The Morgan fingerprint density at radius 2 is 1.88 bits per heavy atom. The van der Waals surface area contributed by atoms with Crippen LogP contribution in [0.2, 0.25) is 0 Å². The second-order valence-corrected chi connectivity index (χ2v) is 5.64. The smallest absolute Gasteiger partial charge is 0.339 e. The minimum Gasteiger partial charge on any atom is -0.339 e.